The van der Waals surface area contributed by atoms with E-state index in [-0.39, 0.29) is 17.6 Å². The molecule has 1 N–H and O–H groups in total. The van der Waals surface area contributed by atoms with Gasteiger partial charge in [-0.2, -0.15) is 0 Å². The Morgan fingerprint density at radius 2 is 1.95 bits per heavy atom. The number of benzene rings is 1. The van der Waals surface area contributed by atoms with Crippen LogP contribution in [-0.2, 0) is 11.3 Å². The van der Waals surface area contributed by atoms with E-state index in [4.69, 9.17) is 4.42 Å². The van der Waals surface area contributed by atoms with Crippen LogP contribution in [0.4, 0.5) is 0 Å². The van der Waals surface area contributed by atoms with Crippen LogP contribution in [0, 0.1) is 5.92 Å². The summed E-state index contributed by atoms with van der Waals surface area (Å²) in [4.78, 5) is 24.6. The second kappa shape index (κ2) is 6.83. The minimum atomic E-state index is -0.0421. The zero-order valence-corrected chi connectivity index (χ0v) is 12.9. The topological polar surface area (TPSA) is 59.3 Å². The number of ketones is 1. The Hall–Kier alpha value is -2.01. The lowest BCUT2D eigenvalue weighted by molar-refractivity contribution is -0.118. The van der Waals surface area contributed by atoms with Gasteiger partial charge in [-0.25, -0.2) is 0 Å². The van der Waals surface area contributed by atoms with E-state index in [9.17, 15) is 9.59 Å². The maximum absolute atomic E-state index is 11.9. The third kappa shape index (κ3) is 4.01. The van der Waals surface area contributed by atoms with Crippen LogP contribution in [0.5, 0.6) is 0 Å². The third-order valence-electron chi connectivity index (χ3n) is 3.50. The highest BCUT2D eigenvalue weighted by Crippen LogP contribution is 2.33. The lowest BCUT2D eigenvalue weighted by Crippen LogP contribution is -2.24. The monoisotopic (exact) mass is 315 g/mol. The van der Waals surface area contributed by atoms with E-state index in [1.807, 2.05) is 30.3 Å². The van der Waals surface area contributed by atoms with E-state index in [0.29, 0.717) is 12.3 Å². The second-order valence-corrected chi connectivity index (χ2v) is 6.36. The average molecular weight is 315 g/mol. The molecule has 1 aromatic heterocycles. The number of hydrogen-bond donors (Lipinski definition) is 1. The molecule has 114 valence electrons. The highest BCUT2D eigenvalue weighted by atomic mass is 32.2. The molecule has 0 aliphatic heterocycles. The molecule has 1 aliphatic rings. The first-order valence-corrected chi connectivity index (χ1v) is 8.27. The van der Waals surface area contributed by atoms with E-state index in [0.717, 1.165) is 29.1 Å². The highest BCUT2D eigenvalue weighted by Gasteiger charge is 2.30. The molecular weight excluding hydrogens is 298 g/mol. The van der Waals surface area contributed by atoms with Gasteiger partial charge in [0.25, 0.3) is 0 Å². The number of Topliss-reactive ketones (excluding diaryl/α,β-unsaturated/α-hetero) is 1. The zero-order valence-electron chi connectivity index (χ0n) is 12.1. The molecule has 0 spiro atoms. The smallest absolute Gasteiger partial charge is 0.230 e. The molecule has 1 amide bonds. The van der Waals surface area contributed by atoms with Crippen molar-refractivity contribution >= 4 is 23.5 Å². The summed E-state index contributed by atoms with van der Waals surface area (Å²) < 4.78 is 5.15. The quantitative estimate of drug-likeness (QED) is 0.629. The molecule has 1 fully saturated rings. The molecule has 0 unspecified atom stereocenters. The summed E-state index contributed by atoms with van der Waals surface area (Å²) in [6.07, 6.45) is 3.62. The van der Waals surface area contributed by atoms with Crippen LogP contribution < -0.4 is 5.32 Å². The van der Waals surface area contributed by atoms with Crippen molar-refractivity contribution in [2.75, 3.05) is 5.75 Å². The van der Waals surface area contributed by atoms with E-state index in [1.165, 1.54) is 11.8 Å². The van der Waals surface area contributed by atoms with Gasteiger partial charge in [0, 0.05) is 16.4 Å². The average Bonchev–Trinajstić information content (AvgIpc) is 3.27. The maximum Gasteiger partial charge on any atom is 0.230 e. The van der Waals surface area contributed by atoms with Crippen molar-refractivity contribution in [2.24, 2.45) is 5.92 Å². The molecule has 0 atom stereocenters. The normalized spacial score (nSPS) is 13.8. The minimum Gasteiger partial charge on any atom is -0.467 e. The number of furan rings is 1. The molecule has 1 saturated carbocycles. The van der Waals surface area contributed by atoms with Gasteiger partial charge < -0.3 is 9.73 Å². The van der Waals surface area contributed by atoms with Crippen LogP contribution in [0.1, 0.15) is 29.0 Å². The summed E-state index contributed by atoms with van der Waals surface area (Å²) in [5.74, 6) is 1.52. The standard InChI is InChI=1S/C17H17NO3S/c19-16(18-10-14-2-1-9-21-14)11-22-15-7-5-13(6-8-15)17(20)12-3-4-12/h1-2,5-9,12H,3-4,10-11H2,(H,18,19). The first kappa shape index (κ1) is 14.9. The Labute approximate surface area is 133 Å². The molecule has 4 nitrogen and oxygen atoms in total. The molecule has 0 radical (unpaired) electrons. The van der Waals surface area contributed by atoms with Crippen molar-refractivity contribution in [2.45, 2.75) is 24.3 Å². The summed E-state index contributed by atoms with van der Waals surface area (Å²) in [6, 6.07) is 11.1. The summed E-state index contributed by atoms with van der Waals surface area (Å²) in [7, 11) is 0. The largest absolute Gasteiger partial charge is 0.467 e. The van der Waals surface area contributed by atoms with Gasteiger partial charge in [-0.05, 0) is 37.1 Å². The van der Waals surface area contributed by atoms with Crippen molar-refractivity contribution in [1.82, 2.24) is 5.32 Å². The Kier molecular flexibility index (Phi) is 4.63. The van der Waals surface area contributed by atoms with Crippen LogP contribution in [0.2, 0.25) is 0 Å². The van der Waals surface area contributed by atoms with E-state index in [1.54, 1.807) is 12.3 Å². The van der Waals surface area contributed by atoms with Gasteiger partial charge in [-0.3, -0.25) is 9.59 Å². The number of hydrogen-bond acceptors (Lipinski definition) is 4. The lowest BCUT2D eigenvalue weighted by atomic mass is 10.1. The van der Waals surface area contributed by atoms with Gasteiger partial charge in [-0.1, -0.05) is 12.1 Å². The Bertz CT molecular complexity index is 645. The Morgan fingerprint density at radius 3 is 2.59 bits per heavy atom. The molecular formula is C17H17NO3S. The van der Waals surface area contributed by atoms with Gasteiger partial charge in [0.15, 0.2) is 5.78 Å². The first-order chi connectivity index (χ1) is 10.7. The fourth-order valence-corrected chi connectivity index (χ4v) is 2.82. The number of thioether (sulfide) groups is 1. The molecule has 5 heteroatoms. The molecule has 2 aromatic rings. The fraction of sp³-hybridized carbons (Fsp3) is 0.294. The van der Waals surface area contributed by atoms with Crippen molar-refractivity contribution in [1.29, 1.82) is 0 Å². The number of carbonyl (C=O) groups is 2. The van der Waals surface area contributed by atoms with Crippen LogP contribution in [0.25, 0.3) is 0 Å². The number of carbonyl (C=O) groups excluding carboxylic acids is 2. The van der Waals surface area contributed by atoms with Crippen LogP contribution in [0.3, 0.4) is 0 Å². The van der Waals surface area contributed by atoms with Gasteiger partial charge in [0.1, 0.15) is 5.76 Å². The van der Waals surface area contributed by atoms with Crippen LogP contribution >= 0.6 is 11.8 Å². The van der Waals surface area contributed by atoms with Gasteiger partial charge >= 0.3 is 0 Å². The van der Waals surface area contributed by atoms with Gasteiger partial charge in [-0.15, -0.1) is 11.8 Å². The van der Waals surface area contributed by atoms with Crippen molar-refractivity contribution < 1.29 is 14.0 Å². The first-order valence-electron chi connectivity index (χ1n) is 7.28. The highest BCUT2D eigenvalue weighted by molar-refractivity contribution is 8.00. The molecule has 1 aliphatic carbocycles. The Morgan fingerprint density at radius 1 is 1.18 bits per heavy atom. The SMILES string of the molecule is O=C(CSc1ccc(C(=O)C2CC2)cc1)NCc1ccco1. The molecule has 0 saturated heterocycles. The minimum absolute atomic E-state index is 0.0421. The van der Waals surface area contributed by atoms with Crippen LogP contribution in [-0.4, -0.2) is 17.4 Å². The molecule has 1 heterocycles. The predicted molar refractivity (Wildman–Crippen MR) is 84.8 cm³/mol. The fourth-order valence-electron chi connectivity index (χ4n) is 2.10. The van der Waals surface area contributed by atoms with E-state index in [2.05, 4.69) is 5.32 Å². The summed E-state index contributed by atoms with van der Waals surface area (Å²) in [5.41, 5.74) is 0.772. The summed E-state index contributed by atoms with van der Waals surface area (Å²) in [6.45, 7) is 0.404. The number of rotatable bonds is 7. The molecule has 3 rings (SSSR count). The lowest BCUT2D eigenvalue weighted by Gasteiger charge is -2.04. The molecule has 1 aromatic carbocycles. The predicted octanol–water partition coefficient (Wildman–Crippen LogP) is 3.28. The van der Waals surface area contributed by atoms with Crippen LogP contribution in [0.15, 0.2) is 52.0 Å². The van der Waals surface area contributed by atoms with Crippen molar-refractivity contribution in [3.63, 3.8) is 0 Å². The van der Waals surface area contributed by atoms with Crippen molar-refractivity contribution in [3.05, 3.63) is 54.0 Å². The van der Waals surface area contributed by atoms with Gasteiger partial charge in [0.05, 0.1) is 18.6 Å². The zero-order chi connectivity index (χ0) is 15.4. The van der Waals surface area contributed by atoms with Gasteiger partial charge in [0.2, 0.25) is 5.91 Å². The Balaban J connectivity index is 1.44. The third-order valence-corrected chi connectivity index (χ3v) is 4.51. The molecule has 22 heavy (non-hydrogen) atoms. The number of nitrogens with one attached hydrogen (secondary N) is 1. The second-order valence-electron chi connectivity index (χ2n) is 5.31. The number of amides is 1. The maximum atomic E-state index is 11.9. The van der Waals surface area contributed by atoms with E-state index < -0.39 is 0 Å². The summed E-state index contributed by atoms with van der Waals surface area (Å²) in [5, 5.41) is 2.80. The molecule has 0 bridgehead atoms. The summed E-state index contributed by atoms with van der Waals surface area (Å²) >= 11 is 1.46. The van der Waals surface area contributed by atoms with E-state index >= 15 is 0 Å². The van der Waals surface area contributed by atoms with Crippen molar-refractivity contribution in [3.8, 4) is 0 Å².